The highest BCUT2D eigenvalue weighted by atomic mass is 16.7. The van der Waals surface area contributed by atoms with Gasteiger partial charge < -0.3 is 28.5 Å². The first-order valence-corrected chi connectivity index (χ1v) is 37.3. The molecule has 520 valence electrons. The molecule has 9 heteroatoms. The van der Waals surface area contributed by atoms with Gasteiger partial charge in [0.2, 0.25) is 0 Å². The molecule has 0 aliphatic rings. The molecule has 0 saturated carbocycles. The van der Waals surface area contributed by atoms with Gasteiger partial charge >= 0.3 is 17.9 Å². The van der Waals surface area contributed by atoms with Crippen molar-refractivity contribution in [2.75, 3.05) is 47.5 Å². The van der Waals surface area contributed by atoms with Gasteiger partial charge in [-0.2, -0.15) is 0 Å². The van der Waals surface area contributed by atoms with Gasteiger partial charge in [-0.25, -0.2) is 4.79 Å². The number of rotatable bonds is 68. The Kier molecular flexibility index (Phi) is 67.7. The molecule has 0 aromatic rings. The van der Waals surface area contributed by atoms with Crippen molar-refractivity contribution in [3.8, 4) is 0 Å². The lowest BCUT2D eigenvalue weighted by atomic mass is 10.0. The molecule has 91 heavy (non-hydrogen) atoms. The van der Waals surface area contributed by atoms with E-state index in [4.69, 9.17) is 18.9 Å². The molecule has 0 spiro atoms. The minimum atomic E-state index is -1.52. The molecule has 0 aromatic heterocycles. The van der Waals surface area contributed by atoms with Gasteiger partial charge in [-0.3, -0.25) is 9.59 Å². The van der Waals surface area contributed by atoms with E-state index in [1.54, 1.807) is 0 Å². The van der Waals surface area contributed by atoms with Crippen molar-refractivity contribution >= 4 is 17.9 Å². The summed E-state index contributed by atoms with van der Waals surface area (Å²) in [6, 6.07) is 0. The number of allylic oxidation sites excluding steroid dienone is 22. The summed E-state index contributed by atoms with van der Waals surface area (Å²) in [6.45, 7) is 4.67. The van der Waals surface area contributed by atoms with Crippen LogP contribution in [0.5, 0.6) is 0 Å². The van der Waals surface area contributed by atoms with Crippen LogP contribution in [0.25, 0.3) is 0 Å². The second-order valence-electron chi connectivity index (χ2n) is 25.8. The highest BCUT2D eigenvalue weighted by Crippen LogP contribution is 2.18. The predicted molar refractivity (Wildman–Crippen MR) is 391 cm³/mol. The van der Waals surface area contributed by atoms with Gasteiger partial charge in [0.15, 0.2) is 6.10 Å². The highest BCUT2D eigenvalue weighted by Gasteiger charge is 2.25. The summed E-state index contributed by atoms with van der Waals surface area (Å²) in [6.07, 6.45) is 100. The molecule has 0 aliphatic heterocycles. The Morgan fingerprint density at radius 1 is 0.330 bits per heavy atom. The fourth-order valence-corrected chi connectivity index (χ4v) is 10.3. The zero-order valence-electron chi connectivity index (χ0n) is 59.5. The lowest BCUT2D eigenvalue weighted by Gasteiger charge is -2.25. The van der Waals surface area contributed by atoms with Gasteiger partial charge in [-0.1, -0.05) is 321 Å². The molecule has 0 bridgehead atoms. The van der Waals surface area contributed by atoms with E-state index in [-0.39, 0.29) is 32.2 Å². The van der Waals surface area contributed by atoms with Crippen LogP contribution >= 0.6 is 0 Å². The summed E-state index contributed by atoms with van der Waals surface area (Å²) in [4.78, 5) is 37.7. The van der Waals surface area contributed by atoms with Crippen molar-refractivity contribution in [3.63, 3.8) is 0 Å². The number of ether oxygens (including phenoxy) is 4. The topological polar surface area (TPSA) is 108 Å². The lowest BCUT2D eigenvalue weighted by molar-refractivity contribution is -0.870. The first-order valence-electron chi connectivity index (χ1n) is 37.3. The van der Waals surface area contributed by atoms with Gasteiger partial charge in [-0.15, -0.1) is 0 Å². The Bertz CT molecular complexity index is 1960. The molecule has 2 atom stereocenters. The van der Waals surface area contributed by atoms with E-state index in [2.05, 4.69) is 148 Å². The number of carbonyl (C=O) groups excluding carboxylic acids is 2. The third kappa shape index (κ3) is 72.7. The minimum Gasteiger partial charge on any atom is -0.477 e. The summed E-state index contributed by atoms with van der Waals surface area (Å²) in [5.41, 5.74) is 0. The van der Waals surface area contributed by atoms with Crippen molar-refractivity contribution in [2.24, 2.45) is 0 Å². The van der Waals surface area contributed by atoms with Crippen molar-refractivity contribution in [1.82, 2.24) is 0 Å². The highest BCUT2D eigenvalue weighted by molar-refractivity contribution is 5.71. The van der Waals surface area contributed by atoms with E-state index in [1.165, 1.54) is 161 Å². The van der Waals surface area contributed by atoms with E-state index < -0.39 is 24.3 Å². The number of aliphatic carboxylic acids is 1. The van der Waals surface area contributed by atoms with Gasteiger partial charge in [-0.05, 0) is 109 Å². The predicted octanol–water partition coefficient (Wildman–Crippen LogP) is 23.7. The molecule has 0 heterocycles. The molecule has 0 amide bonds. The number of unbranched alkanes of at least 4 members (excludes halogenated alkanes) is 31. The van der Waals surface area contributed by atoms with E-state index in [0.29, 0.717) is 23.9 Å². The first kappa shape index (κ1) is 86.4. The Labute approximate surface area is 560 Å². The number of carboxylic acids is 1. The van der Waals surface area contributed by atoms with Crippen LogP contribution < -0.4 is 0 Å². The molecule has 1 N–H and O–H groups in total. The van der Waals surface area contributed by atoms with Crippen molar-refractivity contribution in [3.05, 3.63) is 134 Å². The maximum absolute atomic E-state index is 13.0. The van der Waals surface area contributed by atoms with Gasteiger partial charge in [0.25, 0.3) is 6.29 Å². The van der Waals surface area contributed by atoms with Crippen LogP contribution in [0.15, 0.2) is 134 Å². The van der Waals surface area contributed by atoms with Gasteiger partial charge in [0.05, 0.1) is 34.4 Å². The fourth-order valence-electron chi connectivity index (χ4n) is 10.3. The summed E-state index contributed by atoms with van der Waals surface area (Å²) >= 11 is 0. The SMILES string of the molecule is CC/C=C\C/C=C\C/C=C\C/C=C\C/C=C\C/C=C\C/C=C\CCCCCCCCCCCCCC(=O)OC(COC(=O)CCCCCCCCCCCCCCCCCCCCCC/C=C\C/C=C\C/C=C\C/C=C\CC)COC(OCC[N+](C)(C)C)C(=O)O. The molecule has 2 unspecified atom stereocenters. The maximum Gasteiger partial charge on any atom is 0.361 e. The van der Waals surface area contributed by atoms with Crippen LogP contribution in [0.3, 0.4) is 0 Å². The maximum atomic E-state index is 13.0. The molecular weight excluding hydrogens is 1130 g/mol. The Morgan fingerprint density at radius 2 is 0.593 bits per heavy atom. The fraction of sp³-hybridized carbons (Fsp3) is 0.695. The van der Waals surface area contributed by atoms with Crippen molar-refractivity contribution in [1.29, 1.82) is 0 Å². The molecule has 0 radical (unpaired) electrons. The standard InChI is InChI=1S/C82H139NO8/c1-6-8-10-12-14-16-18-20-22-24-26-28-30-32-34-36-38-40-42-44-46-48-50-52-54-56-58-60-62-64-66-68-70-72-79(84)89-76-78(77-90-82(81(86)87)88-75-74-83(3,4)5)91-80(85)73-71-69-67-65-63-61-59-57-55-53-51-49-47-45-43-41-39-37-35-33-31-29-27-25-23-21-19-17-15-13-11-9-7-2/h8-11,14-17,20-23,26-29,33,35,39,41,45,47,78,82H,6-7,12-13,18-19,24-25,30-32,34,36-38,40,42-44,46,48-77H2,1-5H3/p+1/b10-8-,11-9-,16-14-,17-15-,22-20-,23-21-,28-26-,29-27-,35-33-,41-39-,47-45-. The summed E-state index contributed by atoms with van der Waals surface area (Å²) in [5, 5.41) is 9.76. The largest absolute Gasteiger partial charge is 0.477 e. The average Bonchev–Trinajstić information content (AvgIpc) is 3.46. The van der Waals surface area contributed by atoms with E-state index in [9.17, 15) is 19.5 Å². The third-order valence-corrected chi connectivity index (χ3v) is 15.9. The van der Waals surface area contributed by atoms with Crippen molar-refractivity contribution < 1.29 is 42.9 Å². The second kappa shape index (κ2) is 71.3. The average molecular weight is 1270 g/mol. The smallest absolute Gasteiger partial charge is 0.361 e. The molecule has 0 fully saturated rings. The van der Waals surface area contributed by atoms with E-state index in [1.807, 2.05) is 21.1 Å². The summed E-state index contributed by atoms with van der Waals surface area (Å²) in [7, 11) is 5.98. The van der Waals surface area contributed by atoms with Crippen LogP contribution in [0.2, 0.25) is 0 Å². The molecule has 0 saturated heterocycles. The van der Waals surface area contributed by atoms with Gasteiger partial charge in [0.1, 0.15) is 13.2 Å². The Morgan fingerprint density at radius 3 is 0.879 bits per heavy atom. The van der Waals surface area contributed by atoms with Crippen LogP contribution in [-0.2, 0) is 33.3 Å². The zero-order valence-corrected chi connectivity index (χ0v) is 59.5. The number of carboxylic acid groups (broad SMARTS) is 1. The number of hydrogen-bond donors (Lipinski definition) is 1. The monoisotopic (exact) mass is 1270 g/mol. The molecule has 0 aliphatic carbocycles. The third-order valence-electron chi connectivity index (χ3n) is 15.9. The van der Waals surface area contributed by atoms with Crippen LogP contribution in [-0.4, -0.2) is 87.4 Å². The Balaban J connectivity index is 4.09. The van der Waals surface area contributed by atoms with E-state index >= 15 is 0 Å². The molecular formula is C82H140NO8+. The van der Waals surface area contributed by atoms with Gasteiger partial charge in [0, 0.05) is 12.8 Å². The second-order valence-corrected chi connectivity index (χ2v) is 25.8. The molecule has 0 rings (SSSR count). The number of carbonyl (C=O) groups is 3. The van der Waals surface area contributed by atoms with E-state index in [0.717, 1.165) is 116 Å². The summed E-state index contributed by atoms with van der Waals surface area (Å²) in [5.74, 6) is -2.00. The summed E-state index contributed by atoms with van der Waals surface area (Å²) < 4.78 is 23.0. The van der Waals surface area contributed by atoms with Crippen molar-refractivity contribution in [2.45, 2.75) is 322 Å². The number of esters is 2. The zero-order chi connectivity index (χ0) is 66.1. The van der Waals surface area contributed by atoms with Crippen LogP contribution in [0, 0.1) is 0 Å². The van der Waals surface area contributed by atoms with Crippen LogP contribution in [0.1, 0.15) is 309 Å². The number of nitrogens with zero attached hydrogens (tertiary/aromatic N) is 1. The quantitative estimate of drug-likeness (QED) is 0.0211. The minimum absolute atomic E-state index is 0.183. The molecule has 9 nitrogen and oxygen atoms in total. The Hall–Kier alpha value is -4.57. The number of quaternary nitrogens is 1. The lowest BCUT2D eigenvalue weighted by Crippen LogP contribution is -2.40. The first-order chi connectivity index (χ1) is 44.6. The number of likely N-dealkylation sites (N-methyl/N-ethyl adjacent to an activating group) is 1. The molecule has 0 aromatic carbocycles. The normalized spacial score (nSPS) is 13.5. The van der Waals surface area contributed by atoms with Crippen LogP contribution in [0.4, 0.5) is 0 Å². The number of hydrogen-bond acceptors (Lipinski definition) is 7.